The van der Waals surface area contributed by atoms with Gasteiger partial charge in [0, 0.05) is 18.3 Å². The van der Waals surface area contributed by atoms with Crippen LogP contribution in [0.4, 0.5) is 0 Å². The lowest BCUT2D eigenvalue weighted by Crippen LogP contribution is -2.41. The number of hydrogen-bond acceptors (Lipinski definition) is 4. The van der Waals surface area contributed by atoms with Gasteiger partial charge in [-0.15, -0.1) is 0 Å². The number of thioether (sulfide) groups is 1. The highest BCUT2D eigenvalue weighted by molar-refractivity contribution is 8.00. The first-order chi connectivity index (χ1) is 8.22. The summed E-state index contributed by atoms with van der Waals surface area (Å²) in [4.78, 5) is 25.0. The molecule has 0 radical (unpaired) electrons. The third kappa shape index (κ3) is 3.01. The predicted molar refractivity (Wildman–Crippen MR) is 68.9 cm³/mol. The van der Waals surface area contributed by atoms with E-state index in [2.05, 4.69) is 5.32 Å². The van der Waals surface area contributed by atoms with Gasteiger partial charge in [0.05, 0.1) is 12.5 Å². The molecule has 2 unspecified atom stereocenters. The van der Waals surface area contributed by atoms with Gasteiger partial charge in [-0.2, -0.15) is 11.8 Å². The zero-order valence-electron chi connectivity index (χ0n) is 10.3. The number of amides is 2. The van der Waals surface area contributed by atoms with Crippen LogP contribution < -0.4 is 5.32 Å². The van der Waals surface area contributed by atoms with Crippen LogP contribution >= 0.6 is 11.8 Å². The summed E-state index contributed by atoms with van der Waals surface area (Å²) in [5.41, 5.74) is 0. The van der Waals surface area contributed by atoms with Crippen LogP contribution in [-0.2, 0) is 9.59 Å². The molecule has 4 nitrogen and oxygen atoms in total. The summed E-state index contributed by atoms with van der Waals surface area (Å²) in [6, 6.07) is -0.268. The molecule has 0 bridgehead atoms. The van der Waals surface area contributed by atoms with Gasteiger partial charge in [0.25, 0.3) is 0 Å². The van der Waals surface area contributed by atoms with Crippen molar-refractivity contribution >= 4 is 23.6 Å². The lowest BCUT2D eigenvalue weighted by atomic mass is 10.2. The summed E-state index contributed by atoms with van der Waals surface area (Å²) in [5, 5.41) is 3.88. The van der Waals surface area contributed by atoms with E-state index in [0.717, 1.165) is 13.0 Å². The molecule has 2 atom stereocenters. The highest BCUT2D eigenvalue weighted by atomic mass is 32.2. The van der Waals surface area contributed by atoms with Crippen molar-refractivity contribution in [3.8, 4) is 0 Å². The van der Waals surface area contributed by atoms with Gasteiger partial charge < -0.3 is 5.32 Å². The Morgan fingerprint density at radius 2 is 2.29 bits per heavy atom. The van der Waals surface area contributed by atoms with Gasteiger partial charge in [-0.05, 0) is 25.0 Å². The molecule has 2 rings (SSSR count). The van der Waals surface area contributed by atoms with E-state index in [1.54, 1.807) is 0 Å². The Morgan fingerprint density at radius 1 is 1.47 bits per heavy atom. The number of likely N-dealkylation sites (tertiary alicyclic amines) is 1. The lowest BCUT2D eigenvalue weighted by molar-refractivity contribution is -0.138. The minimum absolute atomic E-state index is 0.0200. The Balaban J connectivity index is 1.81. The topological polar surface area (TPSA) is 49.4 Å². The second kappa shape index (κ2) is 5.87. The van der Waals surface area contributed by atoms with Crippen LogP contribution in [0, 0.1) is 0 Å². The molecule has 2 saturated heterocycles. The third-order valence-electron chi connectivity index (χ3n) is 3.31. The van der Waals surface area contributed by atoms with E-state index in [4.69, 9.17) is 0 Å². The van der Waals surface area contributed by atoms with E-state index >= 15 is 0 Å². The van der Waals surface area contributed by atoms with Gasteiger partial charge in [0.2, 0.25) is 11.8 Å². The molecular formula is C12H20N2O2S. The van der Waals surface area contributed by atoms with Crippen LogP contribution in [0.2, 0.25) is 0 Å². The average molecular weight is 256 g/mol. The van der Waals surface area contributed by atoms with Gasteiger partial charge in [-0.3, -0.25) is 14.5 Å². The number of carbonyl (C=O) groups is 2. The van der Waals surface area contributed by atoms with E-state index in [1.165, 1.54) is 23.5 Å². The van der Waals surface area contributed by atoms with Crippen molar-refractivity contribution in [1.82, 2.24) is 10.2 Å². The SMILES string of the molecule is CCCN1C(=O)CC(NCC2CCCS2)C1=O. The molecule has 0 aromatic rings. The van der Waals surface area contributed by atoms with E-state index in [-0.39, 0.29) is 17.9 Å². The zero-order valence-corrected chi connectivity index (χ0v) is 11.1. The Hall–Kier alpha value is -0.550. The number of carbonyl (C=O) groups excluding carboxylic acids is 2. The van der Waals surface area contributed by atoms with Gasteiger partial charge in [-0.1, -0.05) is 6.92 Å². The van der Waals surface area contributed by atoms with Crippen molar-refractivity contribution in [3.05, 3.63) is 0 Å². The smallest absolute Gasteiger partial charge is 0.246 e. The fourth-order valence-corrected chi connectivity index (χ4v) is 3.59. The quantitative estimate of drug-likeness (QED) is 0.746. The van der Waals surface area contributed by atoms with Gasteiger partial charge in [0.1, 0.15) is 0 Å². The highest BCUT2D eigenvalue weighted by Crippen LogP contribution is 2.25. The first-order valence-corrected chi connectivity index (χ1v) is 7.46. The van der Waals surface area contributed by atoms with E-state index in [0.29, 0.717) is 18.2 Å². The van der Waals surface area contributed by atoms with Crippen molar-refractivity contribution in [2.75, 3.05) is 18.8 Å². The molecule has 17 heavy (non-hydrogen) atoms. The summed E-state index contributed by atoms with van der Waals surface area (Å²) >= 11 is 1.97. The summed E-state index contributed by atoms with van der Waals surface area (Å²) in [7, 11) is 0. The van der Waals surface area contributed by atoms with Crippen molar-refractivity contribution in [2.45, 2.75) is 43.9 Å². The maximum atomic E-state index is 11.9. The second-order valence-corrected chi connectivity index (χ2v) is 6.09. The molecule has 0 aromatic carbocycles. The highest BCUT2D eigenvalue weighted by Gasteiger charge is 2.37. The van der Waals surface area contributed by atoms with Crippen molar-refractivity contribution in [3.63, 3.8) is 0 Å². The maximum absolute atomic E-state index is 11.9. The van der Waals surface area contributed by atoms with Crippen molar-refractivity contribution in [1.29, 1.82) is 0 Å². The molecule has 0 saturated carbocycles. The second-order valence-electron chi connectivity index (χ2n) is 4.68. The van der Waals surface area contributed by atoms with E-state index in [1.807, 2.05) is 18.7 Å². The summed E-state index contributed by atoms with van der Waals surface area (Å²) in [6.45, 7) is 3.40. The number of hydrogen-bond donors (Lipinski definition) is 1. The minimum Gasteiger partial charge on any atom is -0.304 e. The van der Waals surface area contributed by atoms with Gasteiger partial charge >= 0.3 is 0 Å². The van der Waals surface area contributed by atoms with E-state index in [9.17, 15) is 9.59 Å². The summed E-state index contributed by atoms with van der Waals surface area (Å²) < 4.78 is 0. The number of imide groups is 1. The zero-order chi connectivity index (χ0) is 12.3. The lowest BCUT2D eigenvalue weighted by Gasteiger charge is -2.16. The van der Waals surface area contributed by atoms with Crippen LogP contribution in [0.25, 0.3) is 0 Å². The Bertz CT molecular complexity index is 303. The number of rotatable bonds is 5. The third-order valence-corrected chi connectivity index (χ3v) is 4.71. The molecule has 5 heteroatoms. The van der Waals surface area contributed by atoms with Crippen molar-refractivity contribution < 1.29 is 9.59 Å². The average Bonchev–Trinajstić information content (AvgIpc) is 2.90. The van der Waals surface area contributed by atoms with Gasteiger partial charge in [-0.25, -0.2) is 0 Å². The van der Waals surface area contributed by atoms with E-state index < -0.39 is 0 Å². The molecular weight excluding hydrogens is 236 g/mol. The largest absolute Gasteiger partial charge is 0.304 e. The first kappa shape index (κ1) is 12.9. The normalized spacial score (nSPS) is 29.4. The molecule has 0 aliphatic carbocycles. The molecule has 0 spiro atoms. The van der Waals surface area contributed by atoms with Crippen LogP contribution in [0.15, 0.2) is 0 Å². The molecule has 2 amide bonds. The predicted octanol–water partition coefficient (Wildman–Crippen LogP) is 1.01. The first-order valence-electron chi connectivity index (χ1n) is 6.41. The molecule has 1 N–H and O–H groups in total. The fraction of sp³-hybridized carbons (Fsp3) is 0.833. The van der Waals surface area contributed by atoms with Crippen LogP contribution in [0.5, 0.6) is 0 Å². The fourth-order valence-electron chi connectivity index (χ4n) is 2.38. The molecule has 2 fully saturated rings. The van der Waals surface area contributed by atoms with Crippen molar-refractivity contribution in [2.24, 2.45) is 0 Å². The Morgan fingerprint density at radius 3 is 2.94 bits per heavy atom. The Labute approximate surface area is 106 Å². The van der Waals surface area contributed by atoms with Crippen LogP contribution in [0.3, 0.4) is 0 Å². The number of nitrogens with one attached hydrogen (secondary N) is 1. The summed E-state index contributed by atoms with van der Waals surface area (Å²) in [5.74, 6) is 1.18. The molecule has 2 heterocycles. The van der Waals surface area contributed by atoms with Gasteiger partial charge in [0.15, 0.2) is 0 Å². The molecule has 0 aromatic heterocycles. The monoisotopic (exact) mass is 256 g/mol. The molecule has 2 aliphatic rings. The molecule has 2 aliphatic heterocycles. The standard InChI is InChI=1S/C12H20N2O2S/c1-2-5-14-11(15)7-10(12(14)16)13-8-9-4-3-6-17-9/h9-10,13H,2-8H2,1H3. The molecule has 96 valence electrons. The number of nitrogens with zero attached hydrogens (tertiary/aromatic N) is 1. The summed E-state index contributed by atoms with van der Waals surface area (Å²) in [6.07, 6.45) is 3.68. The van der Waals surface area contributed by atoms with Crippen LogP contribution in [-0.4, -0.2) is 46.8 Å². The Kier molecular flexibility index (Phi) is 4.45. The maximum Gasteiger partial charge on any atom is 0.246 e. The minimum atomic E-state index is -0.268. The van der Waals surface area contributed by atoms with Crippen LogP contribution in [0.1, 0.15) is 32.6 Å².